The molecule has 6 heteroatoms. The highest BCUT2D eigenvalue weighted by Gasteiger charge is 2.14. The Labute approximate surface area is 164 Å². The number of fused-ring (bicyclic) bond motifs is 1. The highest BCUT2D eigenvalue weighted by Crippen LogP contribution is 2.22. The minimum Gasteiger partial charge on any atom is -0.389 e. The first-order valence-electron chi connectivity index (χ1n) is 9.51. The zero-order valence-electron chi connectivity index (χ0n) is 16.3. The first kappa shape index (κ1) is 20.2. The second-order valence-electron chi connectivity index (χ2n) is 7.23. The van der Waals surface area contributed by atoms with Gasteiger partial charge < -0.3 is 14.6 Å². The van der Waals surface area contributed by atoms with E-state index in [-0.39, 0.29) is 0 Å². The van der Waals surface area contributed by atoms with E-state index >= 15 is 0 Å². The van der Waals surface area contributed by atoms with Crippen LogP contribution in [0.5, 0.6) is 0 Å². The molecule has 1 saturated heterocycles. The van der Waals surface area contributed by atoms with Gasteiger partial charge in [0.15, 0.2) is 6.29 Å². The molecule has 1 fully saturated rings. The molecule has 1 N–H and O–H groups in total. The van der Waals surface area contributed by atoms with Crippen molar-refractivity contribution in [1.29, 1.82) is 0 Å². The van der Waals surface area contributed by atoms with Crippen molar-refractivity contribution >= 4 is 17.3 Å². The Balaban J connectivity index is 0.000000236. The molecule has 1 aliphatic rings. The van der Waals surface area contributed by atoms with Crippen LogP contribution in [0, 0.1) is 0 Å². The fourth-order valence-corrected chi connectivity index (χ4v) is 3.23. The predicted octanol–water partition coefficient (Wildman–Crippen LogP) is 3.94. The van der Waals surface area contributed by atoms with Gasteiger partial charge in [0, 0.05) is 42.1 Å². The number of carbonyl (C=O) groups is 1. The first-order valence-corrected chi connectivity index (χ1v) is 9.51. The van der Waals surface area contributed by atoms with Gasteiger partial charge in [-0.2, -0.15) is 0 Å². The van der Waals surface area contributed by atoms with Crippen LogP contribution in [-0.2, 0) is 0 Å². The number of aliphatic hydroxyl groups excluding tert-OH is 1. The number of benzene rings is 1. The maximum atomic E-state index is 12.3. The maximum Gasteiger partial charge on any atom is 0.151 e. The van der Waals surface area contributed by atoms with Crippen LogP contribution in [0.1, 0.15) is 41.8 Å². The summed E-state index contributed by atoms with van der Waals surface area (Å²) in [6, 6.07) is 11.4. The highest BCUT2D eigenvalue weighted by atomic mass is 19.1. The van der Waals surface area contributed by atoms with Crippen molar-refractivity contribution in [2.75, 3.05) is 20.1 Å². The number of aromatic nitrogens is 2. The van der Waals surface area contributed by atoms with Crippen LogP contribution in [0.25, 0.3) is 16.7 Å². The molecule has 0 radical (unpaired) electrons. The minimum atomic E-state index is -0.522. The van der Waals surface area contributed by atoms with E-state index in [4.69, 9.17) is 0 Å². The maximum absolute atomic E-state index is 12.3. The van der Waals surface area contributed by atoms with Crippen molar-refractivity contribution < 1.29 is 14.3 Å². The van der Waals surface area contributed by atoms with Crippen LogP contribution in [0.15, 0.2) is 48.8 Å². The van der Waals surface area contributed by atoms with E-state index in [1.165, 1.54) is 0 Å². The Hall–Kier alpha value is -2.57. The van der Waals surface area contributed by atoms with Crippen molar-refractivity contribution in [3.05, 3.63) is 59.9 Å². The molecule has 0 amide bonds. The van der Waals surface area contributed by atoms with Crippen molar-refractivity contribution in [2.24, 2.45) is 0 Å². The number of alkyl halides is 1. The molecule has 0 bridgehead atoms. The van der Waals surface area contributed by atoms with Gasteiger partial charge in [-0.05, 0) is 56.6 Å². The molecular formula is C22H26FN3O2. The number of carbonyl (C=O) groups excluding carboxylic acids is 1. The second-order valence-corrected chi connectivity index (χ2v) is 7.23. The number of likely N-dealkylation sites (tertiary alicyclic amines) is 1. The van der Waals surface area contributed by atoms with Crippen LogP contribution in [0.4, 0.5) is 4.39 Å². The fourth-order valence-electron chi connectivity index (χ4n) is 3.23. The number of hydrogen-bond donors (Lipinski definition) is 1. The van der Waals surface area contributed by atoms with Crippen LogP contribution >= 0.6 is 0 Å². The van der Waals surface area contributed by atoms with E-state index in [1.54, 1.807) is 13.1 Å². The van der Waals surface area contributed by atoms with Crippen LogP contribution < -0.4 is 0 Å². The zero-order valence-corrected chi connectivity index (χ0v) is 16.3. The number of nitrogens with zero attached hydrogens (tertiary/aromatic N) is 3. The largest absolute Gasteiger partial charge is 0.389 e. The molecule has 5 nitrogen and oxygen atoms in total. The van der Waals surface area contributed by atoms with Gasteiger partial charge in [0.2, 0.25) is 0 Å². The van der Waals surface area contributed by atoms with E-state index in [9.17, 15) is 14.3 Å². The molecule has 1 aromatic carbocycles. The summed E-state index contributed by atoms with van der Waals surface area (Å²) in [5.74, 6) is 0. The number of piperidine rings is 1. The molecule has 148 valence electrons. The molecule has 28 heavy (non-hydrogen) atoms. The normalized spacial score (nSPS) is 16.4. The predicted molar refractivity (Wildman–Crippen MR) is 109 cm³/mol. The third-order valence-electron chi connectivity index (χ3n) is 4.96. The molecule has 0 aliphatic carbocycles. The van der Waals surface area contributed by atoms with Crippen molar-refractivity contribution in [3.8, 4) is 5.69 Å². The van der Waals surface area contributed by atoms with Gasteiger partial charge in [0.05, 0.1) is 6.10 Å². The molecule has 1 atom stereocenters. The number of aliphatic hydroxyl groups is 1. The Morgan fingerprint density at radius 2 is 2.00 bits per heavy atom. The SMILES string of the molecule is CC(O)c1cccc(-n2ccc3cc(C=O)cnc32)c1.CN1CCC(F)CC1. The van der Waals surface area contributed by atoms with Gasteiger partial charge in [-0.15, -0.1) is 0 Å². The lowest BCUT2D eigenvalue weighted by Crippen LogP contribution is -2.30. The smallest absolute Gasteiger partial charge is 0.151 e. The quantitative estimate of drug-likeness (QED) is 0.696. The molecule has 2 aromatic heterocycles. The molecule has 4 rings (SSSR count). The molecule has 3 aromatic rings. The molecule has 0 saturated carbocycles. The average molecular weight is 383 g/mol. The van der Waals surface area contributed by atoms with Crippen molar-refractivity contribution in [3.63, 3.8) is 0 Å². The number of aldehydes is 1. The van der Waals surface area contributed by atoms with Crippen molar-refractivity contribution in [1.82, 2.24) is 14.5 Å². The molecule has 0 spiro atoms. The van der Waals surface area contributed by atoms with E-state index in [0.29, 0.717) is 5.56 Å². The Bertz CT molecular complexity index is 920. The highest BCUT2D eigenvalue weighted by molar-refractivity contribution is 5.85. The summed E-state index contributed by atoms with van der Waals surface area (Å²) < 4.78 is 14.3. The number of hydrogen-bond acceptors (Lipinski definition) is 4. The summed E-state index contributed by atoms with van der Waals surface area (Å²) in [7, 11) is 2.03. The monoisotopic (exact) mass is 383 g/mol. The molecule has 1 aliphatic heterocycles. The van der Waals surface area contributed by atoms with E-state index < -0.39 is 12.3 Å². The second kappa shape index (κ2) is 9.08. The molecule has 3 heterocycles. The number of halogens is 1. The van der Waals surface area contributed by atoms with Crippen LogP contribution in [0.2, 0.25) is 0 Å². The van der Waals surface area contributed by atoms with Crippen LogP contribution in [-0.4, -0.2) is 52.2 Å². The number of rotatable bonds is 3. The topological polar surface area (TPSA) is 58.4 Å². The summed E-state index contributed by atoms with van der Waals surface area (Å²) in [6.45, 7) is 3.60. The molecule has 1 unspecified atom stereocenters. The standard InChI is InChI=1S/C16H14N2O2.C6H12FN/c1-11(20)13-3-2-4-15(8-13)18-6-5-14-7-12(10-19)9-17-16(14)18;1-8-4-2-6(7)3-5-8/h2-11,20H,1H3;6H,2-5H2,1H3. The third kappa shape index (κ3) is 4.82. The third-order valence-corrected chi connectivity index (χ3v) is 4.96. The summed E-state index contributed by atoms with van der Waals surface area (Å²) in [5, 5.41) is 10.6. The van der Waals surface area contributed by atoms with Crippen LogP contribution in [0.3, 0.4) is 0 Å². The summed E-state index contributed by atoms with van der Waals surface area (Å²) in [6.07, 6.45) is 4.69. The summed E-state index contributed by atoms with van der Waals surface area (Å²) in [5.41, 5.74) is 3.14. The van der Waals surface area contributed by atoms with Gasteiger partial charge in [0.1, 0.15) is 11.8 Å². The summed E-state index contributed by atoms with van der Waals surface area (Å²) >= 11 is 0. The minimum absolute atomic E-state index is 0.508. The Morgan fingerprint density at radius 3 is 2.64 bits per heavy atom. The van der Waals surface area contributed by atoms with Gasteiger partial charge in [-0.3, -0.25) is 4.79 Å². The zero-order chi connectivity index (χ0) is 20.1. The Kier molecular flexibility index (Phi) is 6.54. The molecular weight excluding hydrogens is 357 g/mol. The fraction of sp³-hybridized carbons (Fsp3) is 0.364. The van der Waals surface area contributed by atoms with E-state index in [2.05, 4.69) is 9.88 Å². The van der Waals surface area contributed by atoms with E-state index in [1.807, 2.05) is 54.2 Å². The van der Waals surface area contributed by atoms with Gasteiger partial charge in [-0.25, -0.2) is 9.37 Å². The lowest BCUT2D eigenvalue weighted by molar-refractivity contribution is 0.112. The van der Waals surface area contributed by atoms with E-state index in [0.717, 1.165) is 54.5 Å². The lowest BCUT2D eigenvalue weighted by Gasteiger charge is -2.23. The van der Waals surface area contributed by atoms with Gasteiger partial charge >= 0.3 is 0 Å². The first-order chi connectivity index (χ1) is 13.5. The summed E-state index contributed by atoms with van der Waals surface area (Å²) in [4.78, 5) is 17.3. The number of pyridine rings is 1. The average Bonchev–Trinajstić information content (AvgIpc) is 3.14. The van der Waals surface area contributed by atoms with Gasteiger partial charge in [-0.1, -0.05) is 12.1 Å². The lowest BCUT2D eigenvalue weighted by atomic mass is 10.1. The Morgan fingerprint density at radius 1 is 1.25 bits per heavy atom. The van der Waals surface area contributed by atoms with Crippen molar-refractivity contribution in [2.45, 2.75) is 32.0 Å². The van der Waals surface area contributed by atoms with Gasteiger partial charge in [0.25, 0.3) is 0 Å².